The van der Waals surface area contributed by atoms with Crippen molar-refractivity contribution in [3.63, 3.8) is 0 Å². The molecule has 0 saturated heterocycles. The highest BCUT2D eigenvalue weighted by Gasteiger charge is 2.45. The van der Waals surface area contributed by atoms with Gasteiger partial charge in [-0.25, -0.2) is 0 Å². The van der Waals surface area contributed by atoms with Crippen molar-refractivity contribution in [2.45, 2.75) is 37.1 Å². The molecular formula is C23H21AlN2O. The molecule has 2 aliphatic heterocycles. The van der Waals surface area contributed by atoms with E-state index in [-0.39, 0.29) is 10.4 Å². The highest BCUT2D eigenvalue weighted by atomic mass is 27.0. The summed E-state index contributed by atoms with van der Waals surface area (Å²) in [5.74, 6) is 1.04. The maximum absolute atomic E-state index is 6.48. The van der Waals surface area contributed by atoms with E-state index in [1.54, 1.807) is 0 Å². The second-order valence-corrected chi connectivity index (χ2v) is 9.01. The summed E-state index contributed by atoms with van der Waals surface area (Å²) in [6, 6.07) is 11.3. The Morgan fingerprint density at radius 2 is 2.00 bits per heavy atom. The Kier molecular flexibility index (Phi) is 2.95. The van der Waals surface area contributed by atoms with E-state index < -0.39 is 0 Å². The summed E-state index contributed by atoms with van der Waals surface area (Å²) < 4.78 is 6.48. The first kappa shape index (κ1) is 15.9. The largest absolute Gasteiger partial charge is 0.456 e. The topological polar surface area (TPSA) is 19.6 Å². The van der Waals surface area contributed by atoms with Gasteiger partial charge in [0, 0.05) is 39.7 Å². The van der Waals surface area contributed by atoms with E-state index in [2.05, 4.69) is 89.5 Å². The number of para-hydroxylation sites is 1. The first-order valence-corrected chi connectivity index (χ1v) is 10.3. The van der Waals surface area contributed by atoms with Crippen LogP contribution in [-0.4, -0.2) is 28.4 Å². The fraction of sp³-hybridized carbons (Fsp3) is 0.304. The number of anilines is 3. The molecule has 1 atom stereocenters. The first-order chi connectivity index (χ1) is 13.0. The van der Waals surface area contributed by atoms with Crippen LogP contribution in [0.25, 0.3) is 17.0 Å². The molecule has 3 aromatic rings. The number of hydrogen-bond donors (Lipinski definition) is 0. The third-order valence-electron chi connectivity index (χ3n) is 6.66. The Labute approximate surface area is 167 Å². The normalized spacial score (nSPS) is 21.4. The summed E-state index contributed by atoms with van der Waals surface area (Å²) in [5.41, 5.74) is 8.92. The summed E-state index contributed by atoms with van der Waals surface area (Å²) in [5, 5.41) is 1.49. The molecule has 0 amide bonds. The average molecular weight is 368 g/mol. The number of allylic oxidation sites excluding steroid dienone is 1. The van der Waals surface area contributed by atoms with Crippen LogP contribution in [0.2, 0.25) is 0 Å². The van der Waals surface area contributed by atoms with Crippen LogP contribution in [0, 0.1) is 0 Å². The molecule has 132 valence electrons. The molecule has 4 heteroatoms. The fourth-order valence-electron chi connectivity index (χ4n) is 5.25. The molecule has 1 unspecified atom stereocenters. The van der Waals surface area contributed by atoms with Crippen molar-refractivity contribution in [2.75, 3.05) is 16.8 Å². The molecule has 0 saturated carbocycles. The van der Waals surface area contributed by atoms with E-state index in [0.29, 0.717) is 0 Å². The van der Waals surface area contributed by atoms with Crippen LogP contribution in [0.3, 0.4) is 0 Å². The summed E-state index contributed by atoms with van der Waals surface area (Å²) in [7, 11) is 2.17. The Hall–Kier alpha value is -2.15. The molecule has 3 aliphatic rings. The van der Waals surface area contributed by atoms with Gasteiger partial charge in [0.05, 0.1) is 11.4 Å². The highest BCUT2D eigenvalue weighted by molar-refractivity contribution is 6.19. The molecule has 3 heterocycles. The molecule has 27 heavy (non-hydrogen) atoms. The molecule has 1 aromatic heterocycles. The Balaban J connectivity index is 1.74. The number of hydrogen-bond acceptors (Lipinski definition) is 3. The number of aryl methyl sites for hydroxylation is 1. The monoisotopic (exact) mass is 368 g/mol. The van der Waals surface area contributed by atoms with E-state index in [1.807, 2.05) is 0 Å². The van der Waals surface area contributed by atoms with Gasteiger partial charge in [-0.3, -0.25) is 0 Å². The maximum Gasteiger partial charge on any atom is 0.196 e. The minimum absolute atomic E-state index is 0.115. The molecule has 0 bridgehead atoms. The van der Waals surface area contributed by atoms with Gasteiger partial charge in [-0.2, -0.15) is 0 Å². The van der Waals surface area contributed by atoms with E-state index in [9.17, 15) is 0 Å². The maximum atomic E-state index is 6.48. The van der Waals surface area contributed by atoms with Gasteiger partial charge in [0.15, 0.2) is 16.3 Å². The molecule has 6 rings (SSSR count). The number of benzene rings is 2. The van der Waals surface area contributed by atoms with Gasteiger partial charge >= 0.3 is 0 Å². The second kappa shape index (κ2) is 5.01. The van der Waals surface area contributed by atoms with Gasteiger partial charge in [-0.15, -0.1) is 0 Å². The van der Waals surface area contributed by atoms with Crippen molar-refractivity contribution >= 4 is 50.4 Å². The lowest BCUT2D eigenvalue weighted by Gasteiger charge is -2.41. The zero-order valence-electron chi connectivity index (χ0n) is 15.9. The van der Waals surface area contributed by atoms with Gasteiger partial charge in [0.2, 0.25) is 0 Å². The van der Waals surface area contributed by atoms with E-state index in [4.69, 9.17) is 4.42 Å². The lowest BCUT2D eigenvalue weighted by molar-refractivity contribution is 0.565. The summed E-state index contributed by atoms with van der Waals surface area (Å²) in [6.07, 6.45) is 6.53. The smallest absolute Gasteiger partial charge is 0.196 e. The minimum atomic E-state index is -0.115. The van der Waals surface area contributed by atoms with Crippen LogP contribution in [0.1, 0.15) is 42.7 Å². The van der Waals surface area contributed by atoms with Crippen molar-refractivity contribution in [3.8, 4) is 0 Å². The predicted octanol–water partition coefficient (Wildman–Crippen LogP) is 5.07. The van der Waals surface area contributed by atoms with Crippen molar-refractivity contribution in [2.24, 2.45) is 0 Å². The SMILES string of the molecule is CN1c2cccc3c2N(c2ccc4c5c(oc4c2C3(C)C)C=CCC5)[CH]1[Al]. The molecule has 0 fully saturated rings. The Bertz CT molecular complexity index is 1160. The van der Waals surface area contributed by atoms with Crippen LogP contribution < -0.4 is 9.80 Å². The first-order valence-electron chi connectivity index (χ1n) is 9.66. The van der Waals surface area contributed by atoms with Gasteiger partial charge in [-0.05, 0) is 42.7 Å². The lowest BCUT2D eigenvalue weighted by atomic mass is 9.73. The van der Waals surface area contributed by atoms with Gasteiger partial charge in [-0.1, -0.05) is 32.1 Å². The number of rotatable bonds is 0. The number of fused-ring (bicyclic) bond motifs is 6. The Morgan fingerprint density at radius 3 is 2.85 bits per heavy atom. The minimum Gasteiger partial charge on any atom is -0.456 e. The van der Waals surface area contributed by atoms with Crippen LogP contribution in [0.15, 0.2) is 40.8 Å². The van der Waals surface area contributed by atoms with E-state index in [1.165, 1.54) is 39.1 Å². The molecule has 2 aromatic carbocycles. The van der Waals surface area contributed by atoms with Crippen molar-refractivity contribution in [1.29, 1.82) is 0 Å². The number of nitrogens with zero attached hydrogens (tertiary/aromatic N) is 2. The summed E-state index contributed by atoms with van der Waals surface area (Å²) >= 11 is 3.01. The Morgan fingerprint density at radius 1 is 1.15 bits per heavy atom. The zero-order valence-corrected chi connectivity index (χ0v) is 17.1. The summed E-state index contributed by atoms with van der Waals surface area (Å²) in [6.45, 7) is 4.68. The molecular weight excluding hydrogens is 347 g/mol. The van der Waals surface area contributed by atoms with Crippen LogP contribution >= 0.6 is 0 Å². The van der Waals surface area contributed by atoms with Crippen LogP contribution in [0.5, 0.6) is 0 Å². The molecule has 0 spiro atoms. The molecule has 2 radical (unpaired) electrons. The van der Waals surface area contributed by atoms with E-state index >= 15 is 0 Å². The predicted molar refractivity (Wildman–Crippen MR) is 112 cm³/mol. The second-order valence-electron chi connectivity index (χ2n) is 8.42. The molecule has 0 N–H and O–H groups in total. The zero-order chi connectivity index (χ0) is 18.5. The third kappa shape index (κ3) is 1.79. The van der Waals surface area contributed by atoms with Crippen molar-refractivity contribution in [1.82, 2.24) is 0 Å². The third-order valence-corrected chi connectivity index (χ3v) is 7.40. The van der Waals surface area contributed by atoms with Crippen LogP contribution in [-0.2, 0) is 11.8 Å². The average Bonchev–Trinajstić information content (AvgIpc) is 3.16. The molecule has 1 aliphatic carbocycles. The summed E-state index contributed by atoms with van der Waals surface area (Å²) in [4.78, 5) is 4.81. The van der Waals surface area contributed by atoms with Gasteiger partial charge in [0.1, 0.15) is 11.3 Å². The van der Waals surface area contributed by atoms with Gasteiger partial charge in [0.25, 0.3) is 0 Å². The quantitative estimate of drug-likeness (QED) is 0.517. The number of furan rings is 1. The standard InChI is InChI=1S/C23H21N2O.Al/c1-23(2)16-8-6-9-18-21(16)25(13-24(18)3)17-12-11-15-14-7-4-5-10-19(14)26-22(15)20(17)23;/h5-6,8-13H,4,7H2,1-3H3;. The molecule has 3 nitrogen and oxygen atoms in total. The lowest BCUT2D eigenvalue weighted by Crippen LogP contribution is -2.42. The van der Waals surface area contributed by atoms with Crippen molar-refractivity contribution in [3.05, 3.63) is 58.9 Å². The van der Waals surface area contributed by atoms with Crippen molar-refractivity contribution < 1.29 is 4.42 Å². The van der Waals surface area contributed by atoms with Gasteiger partial charge < -0.3 is 14.2 Å². The van der Waals surface area contributed by atoms with Crippen LogP contribution in [0.4, 0.5) is 17.1 Å². The highest BCUT2D eigenvalue weighted by Crippen LogP contribution is 2.57. The fourth-order valence-corrected chi connectivity index (χ4v) is 5.72. The van der Waals surface area contributed by atoms with E-state index in [0.717, 1.165) is 24.2 Å².